The number of hydrogen-bond donors (Lipinski definition) is 1. The van der Waals surface area contributed by atoms with Gasteiger partial charge < -0.3 is 15.5 Å². The number of hydrogen-bond acceptors (Lipinski definition) is 3. The van der Waals surface area contributed by atoms with Crippen molar-refractivity contribution >= 4 is 17.5 Å². The Morgan fingerprint density at radius 2 is 1.72 bits per heavy atom. The number of carbonyl (C=O) groups excluding carboxylic acids is 2. The molecule has 2 N–H and O–H groups in total. The van der Waals surface area contributed by atoms with Gasteiger partial charge in [0.2, 0.25) is 0 Å². The number of anilines is 1. The maximum Gasteiger partial charge on any atom is 0.316 e. The summed E-state index contributed by atoms with van der Waals surface area (Å²) in [5.74, 6) is -0.935. The average molecular weight is 247 g/mol. The third kappa shape index (κ3) is 2.22. The van der Waals surface area contributed by atoms with E-state index < -0.39 is 11.8 Å². The highest BCUT2D eigenvalue weighted by Crippen LogP contribution is 2.20. The number of piperazine rings is 1. The Labute approximate surface area is 106 Å². The van der Waals surface area contributed by atoms with E-state index in [1.165, 1.54) is 9.80 Å². The molecule has 0 bridgehead atoms. The quantitative estimate of drug-likeness (QED) is 0.774. The molecule has 1 aromatic carbocycles. The van der Waals surface area contributed by atoms with Crippen molar-refractivity contribution in [1.29, 1.82) is 0 Å². The van der Waals surface area contributed by atoms with Crippen LogP contribution in [0.3, 0.4) is 0 Å². The summed E-state index contributed by atoms with van der Waals surface area (Å²) < 4.78 is 0. The second kappa shape index (κ2) is 4.78. The Morgan fingerprint density at radius 3 is 2.28 bits per heavy atom. The molecule has 1 atom stereocenters. The monoisotopic (exact) mass is 247 g/mol. The van der Waals surface area contributed by atoms with E-state index in [2.05, 4.69) is 0 Å². The fraction of sp³-hybridized carbons (Fsp3) is 0.385. The van der Waals surface area contributed by atoms with Crippen molar-refractivity contribution in [2.24, 2.45) is 5.73 Å². The van der Waals surface area contributed by atoms with Crippen LogP contribution in [0.25, 0.3) is 0 Å². The topological polar surface area (TPSA) is 66.6 Å². The van der Waals surface area contributed by atoms with E-state index in [-0.39, 0.29) is 6.04 Å². The summed E-state index contributed by atoms with van der Waals surface area (Å²) >= 11 is 0. The maximum atomic E-state index is 11.9. The predicted octanol–water partition coefficient (Wildman–Crippen LogP) is 0.511. The van der Waals surface area contributed by atoms with E-state index in [9.17, 15) is 9.59 Å². The van der Waals surface area contributed by atoms with E-state index in [4.69, 9.17) is 5.73 Å². The van der Waals surface area contributed by atoms with Crippen molar-refractivity contribution < 1.29 is 9.59 Å². The molecule has 1 saturated heterocycles. The number of likely N-dealkylation sites (N-methyl/N-ethyl adjacent to an activating group) is 1. The lowest BCUT2D eigenvalue weighted by Gasteiger charge is -2.31. The van der Waals surface area contributed by atoms with Crippen molar-refractivity contribution in [3.05, 3.63) is 29.8 Å². The van der Waals surface area contributed by atoms with E-state index in [0.29, 0.717) is 13.1 Å². The Balaban J connectivity index is 2.21. The number of rotatable bonds is 2. The van der Waals surface area contributed by atoms with Crippen molar-refractivity contribution in [2.75, 3.05) is 25.0 Å². The lowest BCUT2D eigenvalue weighted by Crippen LogP contribution is -2.53. The van der Waals surface area contributed by atoms with E-state index in [0.717, 1.165) is 11.3 Å². The molecule has 0 radical (unpaired) electrons. The molecule has 0 aromatic heterocycles. The Bertz CT molecular complexity index is 468. The second-order valence-electron chi connectivity index (χ2n) is 4.56. The molecule has 0 saturated carbocycles. The van der Waals surface area contributed by atoms with Gasteiger partial charge in [-0.25, -0.2) is 0 Å². The maximum absolute atomic E-state index is 11.9. The molecular formula is C13H17N3O2. The highest BCUT2D eigenvalue weighted by molar-refractivity contribution is 6.40. The van der Waals surface area contributed by atoms with Gasteiger partial charge in [-0.2, -0.15) is 0 Å². The fourth-order valence-corrected chi connectivity index (χ4v) is 1.94. The van der Waals surface area contributed by atoms with Gasteiger partial charge in [-0.15, -0.1) is 0 Å². The molecule has 1 aliphatic rings. The molecular weight excluding hydrogens is 230 g/mol. The molecule has 1 heterocycles. The summed E-state index contributed by atoms with van der Waals surface area (Å²) in [4.78, 5) is 26.4. The van der Waals surface area contributed by atoms with Gasteiger partial charge >= 0.3 is 11.8 Å². The van der Waals surface area contributed by atoms with Gasteiger partial charge in [-0.3, -0.25) is 9.59 Å². The zero-order valence-corrected chi connectivity index (χ0v) is 10.6. The van der Waals surface area contributed by atoms with Gasteiger partial charge in [0.15, 0.2) is 0 Å². The number of nitrogens with two attached hydrogens (primary N) is 1. The number of nitrogens with zero attached hydrogens (tertiary/aromatic N) is 2. The number of amides is 2. The molecule has 5 nitrogen and oxygen atoms in total. The summed E-state index contributed by atoms with van der Waals surface area (Å²) in [6.07, 6.45) is 0. The third-order valence-electron chi connectivity index (χ3n) is 3.16. The summed E-state index contributed by atoms with van der Waals surface area (Å²) in [5, 5.41) is 0. The Kier molecular flexibility index (Phi) is 3.34. The van der Waals surface area contributed by atoms with Crippen LogP contribution in [0, 0.1) is 0 Å². The smallest absolute Gasteiger partial charge is 0.316 e. The van der Waals surface area contributed by atoms with Gasteiger partial charge in [0.25, 0.3) is 0 Å². The van der Waals surface area contributed by atoms with Crippen molar-refractivity contribution in [1.82, 2.24) is 4.90 Å². The lowest BCUT2D eigenvalue weighted by molar-refractivity contribution is -0.145. The summed E-state index contributed by atoms with van der Waals surface area (Å²) in [6.45, 7) is 2.98. The summed E-state index contributed by atoms with van der Waals surface area (Å²) in [7, 11) is 1.64. The summed E-state index contributed by atoms with van der Waals surface area (Å²) in [6, 6.07) is 7.39. The van der Waals surface area contributed by atoms with Crippen LogP contribution < -0.4 is 10.6 Å². The van der Waals surface area contributed by atoms with Crippen LogP contribution in [0.1, 0.15) is 18.5 Å². The van der Waals surface area contributed by atoms with Crippen molar-refractivity contribution in [3.8, 4) is 0 Å². The number of carbonyl (C=O) groups is 2. The zero-order valence-electron chi connectivity index (χ0n) is 10.6. The molecule has 0 aliphatic carbocycles. The normalized spacial score (nSPS) is 18.2. The van der Waals surface area contributed by atoms with Gasteiger partial charge in [0.1, 0.15) is 0 Å². The molecule has 1 fully saturated rings. The molecule has 5 heteroatoms. The van der Waals surface area contributed by atoms with Crippen LogP contribution in [-0.4, -0.2) is 36.9 Å². The molecule has 0 spiro atoms. The second-order valence-corrected chi connectivity index (χ2v) is 4.56. The Morgan fingerprint density at radius 1 is 1.11 bits per heavy atom. The van der Waals surface area contributed by atoms with Crippen LogP contribution in [0.5, 0.6) is 0 Å². The van der Waals surface area contributed by atoms with Crippen LogP contribution in [0.2, 0.25) is 0 Å². The first-order chi connectivity index (χ1) is 8.50. The van der Waals surface area contributed by atoms with Gasteiger partial charge in [-0.1, -0.05) is 12.1 Å². The van der Waals surface area contributed by atoms with Gasteiger partial charge in [-0.05, 0) is 24.6 Å². The highest BCUT2D eigenvalue weighted by Gasteiger charge is 2.31. The first-order valence-corrected chi connectivity index (χ1v) is 5.93. The van der Waals surface area contributed by atoms with E-state index in [1.54, 1.807) is 7.05 Å². The molecule has 2 rings (SSSR count). The summed E-state index contributed by atoms with van der Waals surface area (Å²) in [5.41, 5.74) is 7.52. The molecule has 2 amide bonds. The first-order valence-electron chi connectivity index (χ1n) is 5.93. The van der Waals surface area contributed by atoms with Crippen molar-refractivity contribution in [3.63, 3.8) is 0 Å². The number of benzene rings is 1. The van der Waals surface area contributed by atoms with Crippen LogP contribution in [0.15, 0.2) is 24.3 Å². The Hall–Kier alpha value is -1.88. The van der Waals surface area contributed by atoms with Gasteiger partial charge in [0, 0.05) is 31.9 Å². The van der Waals surface area contributed by atoms with Crippen LogP contribution in [-0.2, 0) is 9.59 Å². The minimum Gasteiger partial charge on any atom is -0.336 e. The minimum absolute atomic E-state index is 0.0381. The largest absolute Gasteiger partial charge is 0.336 e. The standard InChI is InChI=1S/C13H17N3O2/c1-9(14)10-3-5-11(6-4-10)16-8-7-15(2)12(17)13(16)18/h3-6,9H,7-8,14H2,1-2H3. The zero-order chi connectivity index (χ0) is 13.3. The third-order valence-corrected chi connectivity index (χ3v) is 3.16. The fourth-order valence-electron chi connectivity index (χ4n) is 1.94. The minimum atomic E-state index is -0.475. The van der Waals surface area contributed by atoms with Crippen molar-refractivity contribution in [2.45, 2.75) is 13.0 Å². The van der Waals surface area contributed by atoms with E-state index >= 15 is 0 Å². The van der Waals surface area contributed by atoms with Crippen LogP contribution >= 0.6 is 0 Å². The lowest BCUT2D eigenvalue weighted by atomic mass is 10.1. The highest BCUT2D eigenvalue weighted by atomic mass is 16.2. The molecule has 18 heavy (non-hydrogen) atoms. The van der Waals surface area contributed by atoms with Gasteiger partial charge in [0.05, 0.1) is 0 Å². The average Bonchev–Trinajstić information content (AvgIpc) is 2.36. The first kappa shape index (κ1) is 12.6. The molecule has 1 aliphatic heterocycles. The molecule has 1 unspecified atom stereocenters. The van der Waals surface area contributed by atoms with E-state index in [1.807, 2.05) is 31.2 Å². The molecule has 1 aromatic rings. The SMILES string of the molecule is CC(N)c1ccc(N2CCN(C)C(=O)C2=O)cc1. The van der Waals surface area contributed by atoms with Crippen LogP contribution in [0.4, 0.5) is 5.69 Å². The molecule has 96 valence electrons. The predicted molar refractivity (Wildman–Crippen MR) is 69.0 cm³/mol.